The standard InChI is InChI=1S/C12H16N2/c1-9(7-13)8-14-12-5-4-10(2)11(3)6-12/h4-6,9,14H,8H2,1-3H3. The molecule has 0 bridgehead atoms. The average molecular weight is 188 g/mol. The zero-order chi connectivity index (χ0) is 10.6. The number of hydrogen-bond acceptors (Lipinski definition) is 2. The first kappa shape index (κ1) is 10.6. The van der Waals surface area contributed by atoms with Crippen LogP contribution in [0.4, 0.5) is 5.69 Å². The Labute approximate surface area is 85.6 Å². The Morgan fingerprint density at radius 2 is 2.07 bits per heavy atom. The lowest BCUT2D eigenvalue weighted by molar-refractivity contribution is 0.786. The number of rotatable bonds is 3. The van der Waals surface area contributed by atoms with E-state index in [-0.39, 0.29) is 5.92 Å². The van der Waals surface area contributed by atoms with E-state index in [9.17, 15) is 0 Å². The Bertz CT molecular complexity index is 350. The highest BCUT2D eigenvalue weighted by molar-refractivity contribution is 5.48. The Balaban J connectivity index is 2.61. The van der Waals surface area contributed by atoms with Crippen molar-refractivity contribution in [3.8, 4) is 6.07 Å². The predicted octanol–water partition coefficient (Wildman–Crippen LogP) is 2.88. The summed E-state index contributed by atoms with van der Waals surface area (Å²) in [5.41, 5.74) is 3.67. The maximum absolute atomic E-state index is 8.62. The zero-order valence-corrected chi connectivity index (χ0v) is 8.96. The molecule has 0 aromatic heterocycles. The minimum absolute atomic E-state index is 0.0524. The van der Waals surface area contributed by atoms with Crippen LogP contribution in [0.15, 0.2) is 18.2 Å². The molecule has 0 aliphatic heterocycles. The van der Waals surface area contributed by atoms with Gasteiger partial charge in [0.25, 0.3) is 0 Å². The van der Waals surface area contributed by atoms with E-state index in [4.69, 9.17) is 5.26 Å². The van der Waals surface area contributed by atoms with Gasteiger partial charge < -0.3 is 5.32 Å². The molecule has 74 valence electrons. The van der Waals surface area contributed by atoms with Crippen molar-refractivity contribution in [3.05, 3.63) is 29.3 Å². The van der Waals surface area contributed by atoms with Crippen LogP contribution < -0.4 is 5.32 Å². The van der Waals surface area contributed by atoms with Gasteiger partial charge in [-0.1, -0.05) is 6.07 Å². The monoisotopic (exact) mass is 188 g/mol. The lowest BCUT2D eigenvalue weighted by Crippen LogP contribution is -2.09. The second-order valence-electron chi connectivity index (χ2n) is 3.71. The smallest absolute Gasteiger partial charge is 0.0671 e. The van der Waals surface area contributed by atoms with Gasteiger partial charge in [0.15, 0.2) is 0 Å². The molecule has 2 heteroatoms. The molecule has 1 N–H and O–H groups in total. The molecule has 0 spiro atoms. The van der Waals surface area contributed by atoms with Crippen LogP contribution in [0, 0.1) is 31.1 Å². The van der Waals surface area contributed by atoms with Crippen molar-refractivity contribution < 1.29 is 0 Å². The average Bonchev–Trinajstić information content (AvgIpc) is 2.19. The molecule has 0 amide bonds. The van der Waals surface area contributed by atoms with Crippen molar-refractivity contribution in [2.75, 3.05) is 11.9 Å². The van der Waals surface area contributed by atoms with Crippen LogP contribution in [-0.2, 0) is 0 Å². The third-order valence-corrected chi connectivity index (χ3v) is 2.34. The van der Waals surface area contributed by atoms with Crippen molar-refractivity contribution in [1.82, 2.24) is 0 Å². The van der Waals surface area contributed by atoms with Gasteiger partial charge in [-0.25, -0.2) is 0 Å². The maximum Gasteiger partial charge on any atom is 0.0671 e. The molecule has 1 rings (SSSR count). The summed E-state index contributed by atoms with van der Waals surface area (Å²) in [6, 6.07) is 8.45. The zero-order valence-electron chi connectivity index (χ0n) is 8.96. The van der Waals surface area contributed by atoms with Gasteiger partial charge in [0.1, 0.15) is 0 Å². The van der Waals surface area contributed by atoms with E-state index >= 15 is 0 Å². The van der Waals surface area contributed by atoms with Crippen LogP contribution in [0.3, 0.4) is 0 Å². The fourth-order valence-corrected chi connectivity index (χ4v) is 1.17. The van der Waals surface area contributed by atoms with E-state index in [1.54, 1.807) is 0 Å². The van der Waals surface area contributed by atoms with E-state index < -0.39 is 0 Å². The van der Waals surface area contributed by atoms with Gasteiger partial charge in [-0.2, -0.15) is 5.26 Å². The third-order valence-electron chi connectivity index (χ3n) is 2.34. The van der Waals surface area contributed by atoms with Crippen molar-refractivity contribution >= 4 is 5.69 Å². The molecule has 0 aliphatic rings. The predicted molar refractivity (Wildman–Crippen MR) is 59.2 cm³/mol. The van der Waals surface area contributed by atoms with Crippen molar-refractivity contribution in [3.63, 3.8) is 0 Å². The van der Waals surface area contributed by atoms with Crippen LogP contribution in [0.25, 0.3) is 0 Å². The number of nitriles is 1. The Hall–Kier alpha value is -1.49. The molecular formula is C12H16N2. The molecule has 0 heterocycles. The van der Waals surface area contributed by atoms with Crippen LogP contribution in [-0.4, -0.2) is 6.54 Å². The molecule has 1 aromatic carbocycles. The summed E-state index contributed by atoms with van der Waals surface area (Å²) in [7, 11) is 0. The molecule has 0 fully saturated rings. The van der Waals surface area contributed by atoms with Crippen LogP contribution in [0.2, 0.25) is 0 Å². The first-order chi connectivity index (χ1) is 6.63. The fraction of sp³-hybridized carbons (Fsp3) is 0.417. The van der Waals surface area contributed by atoms with E-state index in [1.165, 1.54) is 11.1 Å². The largest absolute Gasteiger partial charge is 0.384 e. The van der Waals surface area contributed by atoms with Crippen molar-refractivity contribution in [2.45, 2.75) is 20.8 Å². The molecule has 2 nitrogen and oxygen atoms in total. The first-order valence-corrected chi connectivity index (χ1v) is 4.84. The summed E-state index contributed by atoms with van der Waals surface area (Å²) in [6.07, 6.45) is 0. The summed E-state index contributed by atoms with van der Waals surface area (Å²) in [5.74, 6) is 0.0524. The van der Waals surface area contributed by atoms with Crippen LogP contribution in [0.1, 0.15) is 18.1 Å². The normalized spacial score (nSPS) is 11.9. The highest BCUT2D eigenvalue weighted by Gasteiger charge is 1.99. The van der Waals surface area contributed by atoms with E-state index in [0.29, 0.717) is 6.54 Å². The van der Waals surface area contributed by atoms with E-state index in [2.05, 4.69) is 37.4 Å². The highest BCUT2D eigenvalue weighted by Crippen LogP contribution is 2.14. The molecule has 0 radical (unpaired) electrons. The molecule has 1 unspecified atom stereocenters. The number of benzene rings is 1. The van der Waals surface area contributed by atoms with Crippen LogP contribution >= 0.6 is 0 Å². The maximum atomic E-state index is 8.62. The second-order valence-corrected chi connectivity index (χ2v) is 3.71. The summed E-state index contributed by atoms with van der Waals surface area (Å²) in [6.45, 7) is 6.80. The topological polar surface area (TPSA) is 35.8 Å². The number of nitrogens with one attached hydrogen (secondary N) is 1. The summed E-state index contributed by atoms with van der Waals surface area (Å²) < 4.78 is 0. The molecular weight excluding hydrogens is 172 g/mol. The van der Waals surface area contributed by atoms with Gasteiger partial charge >= 0.3 is 0 Å². The number of aryl methyl sites for hydroxylation is 2. The van der Waals surface area contributed by atoms with E-state index in [1.807, 2.05) is 13.0 Å². The molecule has 1 aromatic rings. The van der Waals surface area contributed by atoms with Crippen molar-refractivity contribution in [2.24, 2.45) is 5.92 Å². The minimum atomic E-state index is 0.0524. The lowest BCUT2D eigenvalue weighted by atomic mass is 10.1. The summed E-state index contributed by atoms with van der Waals surface area (Å²) in [4.78, 5) is 0. The highest BCUT2D eigenvalue weighted by atomic mass is 14.9. The van der Waals surface area contributed by atoms with Gasteiger partial charge in [0, 0.05) is 12.2 Å². The molecule has 0 aliphatic carbocycles. The minimum Gasteiger partial charge on any atom is -0.384 e. The van der Waals surface area contributed by atoms with Gasteiger partial charge in [-0.15, -0.1) is 0 Å². The van der Waals surface area contributed by atoms with Crippen LogP contribution in [0.5, 0.6) is 0 Å². The quantitative estimate of drug-likeness (QED) is 0.791. The lowest BCUT2D eigenvalue weighted by Gasteiger charge is -2.09. The second kappa shape index (κ2) is 4.66. The van der Waals surface area contributed by atoms with Gasteiger partial charge in [-0.05, 0) is 44.0 Å². The molecule has 14 heavy (non-hydrogen) atoms. The van der Waals surface area contributed by atoms with Gasteiger partial charge in [-0.3, -0.25) is 0 Å². The summed E-state index contributed by atoms with van der Waals surface area (Å²) >= 11 is 0. The number of hydrogen-bond donors (Lipinski definition) is 1. The Morgan fingerprint density at radius 1 is 1.36 bits per heavy atom. The van der Waals surface area contributed by atoms with Gasteiger partial charge in [0.2, 0.25) is 0 Å². The fourth-order valence-electron chi connectivity index (χ4n) is 1.17. The third kappa shape index (κ3) is 2.77. The molecule has 1 atom stereocenters. The number of anilines is 1. The van der Waals surface area contributed by atoms with E-state index in [0.717, 1.165) is 5.69 Å². The SMILES string of the molecule is Cc1ccc(NCC(C)C#N)cc1C. The molecule has 0 saturated heterocycles. The summed E-state index contributed by atoms with van der Waals surface area (Å²) in [5, 5.41) is 11.9. The van der Waals surface area contributed by atoms with Gasteiger partial charge in [0.05, 0.1) is 12.0 Å². The van der Waals surface area contributed by atoms with Crippen molar-refractivity contribution in [1.29, 1.82) is 5.26 Å². The Morgan fingerprint density at radius 3 is 2.64 bits per heavy atom. The molecule has 0 saturated carbocycles. The number of nitrogens with zero attached hydrogens (tertiary/aromatic N) is 1. The Kier molecular flexibility index (Phi) is 3.53. The first-order valence-electron chi connectivity index (χ1n) is 4.84.